The molecule has 0 saturated carbocycles. The van der Waals surface area contributed by atoms with Gasteiger partial charge in [0.1, 0.15) is 12.2 Å². The standard InChI is InChI=1S/C11H12IN3O8S/c12-4-1-15(10(19)14-8(4)18)9-7(17)11(6(2-16)22-9)5(13)3-24(20,21)23-11/h1,3,6-7,9,16-17H,2,13H2,(H,14,18,19)/t6-,7+,9-,11-/m1/s1. The first kappa shape index (κ1) is 17.6. The summed E-state index contributed by atoms with van der Waals surface area (Å²) in [5.41, 5.74) is 1.77. The Morgan fingerprint density at radius 3 is 2.67 bits per heavy atom. The van der Waals surface area contributed by atoms with Gasteiger partial charge in [0.25, 0.3) is 15.7 Å². The summed E-state index contributed by atoms with van der Waals surface area (Å²) in [4.78, 5) is 25.5. The van der Waals surface area contributed by atoms with E-state index in [2.05, 4.69) is 0 Å². The summed E-state index contributed by atoms with van der Waals surface area (Å²) in [6.45, 7) is -0.729. The second-order valence-corrected chi connectivity index (χ2v) is 7.78. The van der Waals surface area contributed by atoms with E-state index in [-0.39, 0.29) is 9.27 Å². The van der Waals surface area contributed by atoms with Crippen LogP contribution in [0.3, 0.4) is 0 Å². The monoisotopic (exact) mass is 473 g/mol. The third-order valence-electron chi connectivity index (χ3n) is 3.83. The number of aromatic nitrogens is 2. The van der Waals surface area contributed by atoms with Gasteiger partial charge in [-0.1, -0.05) is 0 Å². The van der Waals surface area contributed by atoms with Gasteiger partial charge in [-0.15, -0.1) is 0 Å². The van der Waals surface area contributed by atoms with Crippen molar-refractivity contribution in [3.63, 3.8) is 0 Å². The van der Waals surface area contributed by atoms with Gasteiger partial charge in [0.15, 0.2) is 11.8 Å². The van der Waals surface area contributed by atoms with Crippen LogP contribution in [0.25, 0.3) is 0 Å². The molecule has 4 atom stereocenters. The van der Waals surface area contributed by atoms with Gasteiger partial charge in [-0.25, -0.2) is 8.98 Å². The minimum absolute atomic E-state index is 0.132. The Bertz CT molecular complexity index is 937. The highest BCUT2D eigenvalue weighted by atomic mass is 127. The number of hydrogen-bond acceptors (Lipinski definition) is 9. The smallest absolute Gasteiger partial charge is 0.330 e. The Morgan fingerprint density at radius 1 is 1.46 bits per heavy atom. The van der Waals surface area contributed by atoms with E-state index in [1.807, 2.05) is 4.98 Å². The fourth-order valence-electron chi connectivity index (χ4n) is 2.76. The third kappa shape index (κ3) is 2.42. The molecule has 2 aliphatic rings. The first-order valence-corrected chi connectivity index (χ1v) is 9.06. The number of nitrogens with one attached hydrogen (secondary N) is 1. The van der Waals surface area contributed by atoms with Crippen LogP contribution in [0, 0.1) is 3.57 Å². The van der Waals surface area contributed by atoms with Crippen LogP contribution in [0.5, 0.6) is 0 Å². The zero-order valence-corrected chi connectivity index (χ0v) is 14.7. The fraction of sp³-hybridized carbons (Fsp3) is 0.455. The number of halogens is 1. The number of aromatic amines is 1. The van der Waals surface area contributed by atoms with Crippen LogP contribution in [-0.4, -0.2) is 52.6 Å². The van der Waals surface area contributed by atoms with E-state index < -0.39 is 52.0 Å². The van der Waals surface area contributed by atoms with Crippen molar-refractivity contribution < 1.29 is 27.6 Å². The number of aliphatic hydroxyl groups is 2. The van der Waals surface area contributed by atoms with Crippen LogP contribution in [0.15, 0.2) is 26.9 Å². The highest BCUT2D eigenvalue weighted by Gasteiger charge is 2.64. The molecule has 0 radical (unpaired) electrons. The van der Waals surface area contributed by atoms with E-state index in [0.717, 1.165) is 10.8 Å². The number of H-pyrrole nitrogens is 1. The molecule has 132 valence electrons. The summed E-state index contributed by atoms with van der Waals surface area (Å²) in [5.74, 6) is 0. The van der Waals surface area contributed by atoms with Gasteiger partial charge >= 0.3 is 5.69 Å². The zero-order valence-electron chi connectivity index (χ0n) is 11.7. The van der Waals surface area contributed by atoms with Crippen molar-refractivity contribution in [3.05, 3.63) is 41.7 Å². The SMILES string of the molecule is NC1=CS(=O)(=O)O[C@@]12[C@@H](CO)O[C@@H](n1cc(I)c(=O)[nH]c1=O)[C@@H]2O. The van der Waals surface area contributed by atoms with Crippen molar-refractivity contribution in [1.82, 2.24) is 9.55 Å². The minimum Gasteiger partial charge on any atom is -0.399 e. The topological polar surface area (TPSA) is 174 Å². The molecule has 2 aliphatic heterocycles. The fourth-order valence-corrected chi connectivity index (χ4v) is 4.43. The lowest BCUT2D eigenvalue weighted by Gasteiger charge is -2.30. The molecule has 1 aromatic heterocycles. The summed E-state index contributed by atoms with van der Waals surface area (Å²) < 4.78 is 34.7. The van der Waals surface area contributed by atoms with Crippen molar-refractivity contribution in [3.8, 4) is 0 Å². The Hall–Kier alpha value is -1.26. The van der Waals surface area contributed by atoms with Crippen molar-refractivity contribution in [2.45, 2.75) is 24.0 Å². The van der Waals surface area contributed by atoms with Crippen LogP contribution in [0.2, 0.25) is 0 Å². The molecule has 5 N–H and O–H groups in total. The molecule has 0 aromatic carbocycles. The lowest BCUT2D eigenvalue weighted by molar-refractivity contribution is -0.0591. The Morgan fingerprint density at radius 2 is 2.12 bits per heavy atom. The molecule has 1 fully saturated rings. The average molecular weight is 473 g/mol. The predicted molar refractivity (Wildman–Crippen MR) is 86.0 cm³/mol. The number of nitrogens with zero attached hydrogens (tertiary/aromatic N) is 1. The van der Waals surface area contributed by atoms with Gasteiger partial charge in [0, 0.05) is 6.20 Å². The Balaban J connectivity index is 2.13. The molecule has 0 bridgehead atoms. The van der Waals surface area contributed by atoms with Crippen molar-refractivity contribution in [2.75, 3.05) is 6.61 Å². The largest absolute Gasteiger partial charge is 0.399 e. The number of rotatable bonds is 2. The second kappa shape index (κ2) is 5.63. The normalized spacial score (nSPS) is 34.6. The maximum absolute atomic E-state index is 12.0. The van der Waals surface area contributed by atoms with Crippen molar-refractivity contribution in [2.24, 2.45) is 5.73 Å². The molecule has 13 heteroatoms. The molecule has 24 heavy (non-hydrogen) atoms. The third-order valence-corrected chi connectivity index (χ3v) is 5.65. The van der Waals surface area contributed by atoms with Crippen LogP contribution in [0.4, 0.5) is 0 Å². The van der Waals surface area contributed by atoms with Gasteiger partial charge in [-0.05, 0) is 22.6 Å². The number of aliphatic hydroxyl groups excluding tert-OH is 2. The van der Waals surface area contributed by atoms with E-state index in [1.165, 1.54) is 0 Å². The lowest BCUT2D eigenvalue weighted by atomic mass is 9.89. The van der Waals surface area contributed by atoms with E-state index in [0.29, 0.717) is 5.41 Å². The molecule has 3 rings (SSSR count). The second-order valence-electron chi connectivity index (χ2n) is 5.23. The highest BCUT2D eigenvalue weighted by molar-refractivity contribution is 14.1. The van der Waals surface area contributed by atoms with Gasteiger partial charge in [0.05, 0.1) is 21.3 Å². The lowest BCUT2D eigenvalue weighted by Crippen LogP contribution is -2.53. The average Bonchev–Trinajstić information content (AvgIpc) is 2.89. The van der Waals surface area contributed by atoms with Crippen LogP contribution in [-0.2, 0) is 19.0 Å². The zero-order chi connectivity index (χ0) is 17.9. The Kier molecular flexibility index (Phi) is 4.12. The number of ether oxygens (including phenoxy) is 1. The first-order valence-electron chi connectivity index (χ1n) is 6.51. The van der Waals surface area contributed by atoms with Crippen LogP contribution < -0.4 is 17.0 Å². The van der Waals surface area contributed by atoms with E-state index >= 15 is 0 Å². The molecule has 11 nitrogen and oxygen atoms in total. The van der Waals surface area contributed by atoms with E-state index in [4.69, 9.17) is 14.7 Å². The predicted octanol–water partition coefficient (Wildman–Crippen LogP) is -2.71. The van der Waals surface area contributed by atoms with E-state index in [1.54, 1.807) is 22.6 Å². The molecule has 1 saturated heterocycles. The van der Waals surface area contributed by atoms with Crippen LogP contribution in [0.1, 0.15) is 6.23 Å². The number of hydrogen-bond donors (Lipinski definition) is 4. The van der Waals surface area contributed by atoms with Gasteiger partial charge < -0.3 is 20.7 Å². The summed E-state index contributed by atoms with van der Waals surface area (Å²) in [7, 11) is -4.18. The van der Waals surface area contributed by atoms with Gasteiger partial charge in [-0.3, -0.25) is 14.3 Å². The van der Waals surface area contributed by atoms with Gasteiger partial charge in [0.2, 0.25) is 0 Å². The first-order chi connectivity index (χ1) is 11.1. The van der Waals surface area contributed by atoms with Gasteiger partial charge in [-0.2, -0.15) is 8.42 Å². The molecule has 0 aliphatic carbocycles. The molecule has 0 unspecified atom stereocenters. The van der Waals surface area contributed by atoms with Crippen molar-refractivity contribution >= 4 is 32.7 Å². The Labute approximate surface area is 148 Å². The summed E-state index contributed by atoms with van der Waals surface area (Å²) in [6, 6.07) is 0. The summed E-state index contributed by atoms with van der Waals surface area (Å²) >= 11 is 1.67. The van der Waals surface area contributed by atoms with E-state index in [9.17, 15) is 28.2 Å². The maximum Gasteiger partial charge on any atom is 0.330 e. The minimum atomic E-state index is -4.18. The molecule has 1 aromatic rings. The highest BCUT2D eigenvalue weighted by Crippen LogP contribution is 2.46. The van der Waals surface area contributed by atoms with Crippen LogP contribution >= 0.6 is 22.6 Å². The molecule has 3 heterocycles. The summed E-state index contributed by atoms with van der Waals surface area (Å²) in [5, 5.41) is 20.7. The van der Waals surface area contributed by atoms with Crippen molar-refractivity contribution in [1.29, 1.82) is 0 Å². The summed E-state index contributed by atoms with van der Waals surface area (Å²) in [6.07, 6.45) is -3.38. The molecular weight excluding hydrogens is 461 g/mol. The maximum atomic E-state index is 12.0. The molecular formula is C11H12IN3O8S. The number of nitrogens with two attached hydrogens (primary N) is 1. The molecule has 1 spiro atoms. The quantitative estimate of drug-likeness (QED) is 0.263. The molecule has 0 amide bonds.